The minimum absolute atomic E-state index is 0.0545. The topological polar surface area (TPSA) is 32.3 Å². The molecule has 0 saturated heterocycles. The molecular formula is C13H20N2O. The zero-order valence-corrected chi connectivity index (χ0v) is 10.7. The molecule has 0 saturated carbocycles. The molecule has 1 aromatic rings. The number of anilines is 1. The van der Waals surface area contributed by atoms with Crippen LogP contribution < -0.4 is 10.2 Å². The molecule has 1 N–H and O–H groups in total. The molecule has 0 aliphatic heterocycles. The van der Waals surface area contributed by atoms with E-state index in [0.29, 0.717) is 0 Å². The van der Waals surface area contributed by atoms with Crippen molar-refractivity contribution in [1.29, 1.82) is 0 Å². The molecule has 1 rings (SSSR count). The first kappa shape index (κ1) is 12.7. The maximum Gasteiger partial charge on any atom is 0.246 e. The Morgan fingerprint density at radius 3 is 2.19 bits per heavy atom. The molecule has 0 spiro atoms. The summed E-state index contributed by atoms with van der Waals surface area (Å²) in [5.74, 6) is 0.0545. The van der Waals surface area contributed by atoms with E-state index < -0.39 is 5.54 Å². The number of amides is 1. The number of benzene rings is 1. The van der Waals surface area contributed by atoms with Crippen molar-refractivity contribution in [3.8, 4) is 0 Å². The van der Waals surface area contributed by atoms with Crippen molar-refractivity contribution < 1.29 is 4.79 Å². The van der Waals surface area contributed by atoms with Gasteiger partial charge in [-0.15, -0.1) is 0 Å². The van der Waals surface area contributed by atoms with Crippen LogP contribution in [0, 0.1) is 6.92 Å². The maximum absolute atomic E-state index is 12.1. The highest BCUT2D eigenvalue weighted by Crippen LogP contribution is 2.17. The van der Waals surface area contributed by atoms with E-state index in [4.69, 9.17) is 0 Å². The number of carbonyl (C=O) groups is 1. The predicted octanol–water partition coefficient (Wildman–Crippen LogP) is 1.96. The van der Waals surface area contributed by atoms with Gasteiger partial charge in [-0.05, 0) is 40.0 Å². The summed E-state index contributed by atoms with van der Waals surface area (Å²) in [6.45, 7) is 5.78. The van der Waals surface area contributed by atoms with E-state index in [-0.39, 0.29) is 5.91 Å². The van der Waals surface area contributed by atoms with Gasteiger partial charge in [-0.3, -0.25) is 4.79 Å². The van der Waals surface area contributed by atoms with Crippen molar-refractivity contribution >= 4 is 11.6 Å². The Balaban J connectivity index is 2.90. The third-order valence-corrected chi connectivity index (χ3v) is 2.89. The standard InChI is InChI=1S/C13H20N2O/c1-10-6-8-11(9-7-10)15(5)12(16)13(2,3)14-4/h6-9,14H,1-5H3. The van der Waals surface area contributed by atoms with Crippen molar-refractivity contribution in [3.63, 3.8) is 0 Å². The van der Waals surface area contributed by atoms with Crippen molar-refractivity contribution in [2.75, 3.05) is 19.0 Å². The van der Waals surface area contributed by atoms with Crippen LogP contribution >= 0.6 is 0 Å². The Labute approximate surface area is 97.5 Å². The summed E-state index contributed by atoms with van der Waals surface area (Å²) in [5, 5.41) is 3.01. The number of nitrogens with one attached hydrogen (secondary N) is 1. The van der Waals surface area contributed by atoms with Gasteiger partial charge < -0.3 is 10.2 Å². The SMILES string of the molecule is CNC(C)(C)C(=O)N(C)c1ccc(C)cc1. The Morgan fingerprint density at radius 2 is 1.75 bits per heavy atom. The summed E-state index contributed by atoms with van der Waals surface area (Å²) in [6.07, 6.45) is 0. The molecule has 0 aliphatic rings. The van der Waals surface area contributed by atoms with E-state index in [9.17, 15) is 4.79 Å². The van der Waals surface area contributed by atoms with Crippen molar-refractivity contribution in [2.24, 2.45) is 0 Å². The molecule has 0 atom stereocenters. The van der Waals surface area contributed by atoms with Gasteiger partial charge in [0.05, 0.1) is 5.54 Å². The van der Waals surface area contributed by atoms with E-state index in [1.807, 2.05) is 45.0 Å². The third-order valence-electron chi connectivity index (χ3n) is 2.89. The summed E-state index contributed by atoms with van der Waals surface area (Å²) in [6, 6.07) is 7.93. The highest BCUT2D eigenvalue weighted by Gasteiger charge is 2.28. The average Bonchev–Trinajstić information content (AvgIpc) is 2.28. The van der Waals surface area contributed by atoms with Crippen LogP contribution in [-0.2, 0) is 4.79 Å². The first-order valence-electron chi connectivity index (χ1n) is 5.42. The molecule has 3 heteroatoms. The van der Waals surface area contributed by atoms with Gasteiger partial charge in [0, 0.05) is 12.7 Å². The average molecular weight is 220 g/mol. The lowest BCUT2D eigenvalue weighted by Gasteiger charge is -2.29. The first-order valence-corrected chi connectivity index (χ1v) is 5.42. The molecule has 0 unspecified atom stereocenters. The van der Waals surface area contributed by atoms with Crippen LogP contribution in [0.4, 0.5) is 5.69 Å². The number of nitrogens with zero attached hydrogens (tertiary/aromatic N) is 1. The molecule has 88 valence electrons. The number of carbonyl (C=O) groups excluding carboxylic acids is 1. The minimum Gasteiger partial charge on any atom is -0.314 e. The van der Waals surface area contributed by atoms with Gasteiger partial charge in [-0.1, -0.05) is 17.7 Å². The molecule has 0 aromatic heterocycles. The molecule has 0 fully saturated rings. The number of rotatable bonds is 3. The summed E-state index contributed by atoms with van der Waals surface area (Å²) in [7, 11) is 3.59. The second-order valence-corrected chi connectivity index (χ2v) is 4.57. The van der Waals surface area contributed by atoms with Crippen LogP contribution in [0.1, 0.15) is 19.4 Å². The van der Waals surface area contributed by atoms with Crippen LogP contribution in [0.25, 0.3) is 0 Å². The highest BCUT2D eigenvalue weighted by atomic mass is 16.2. The zero-order chi connectivity index (χ0) is 12.3. The van der Waals surface area contributed by atoms with E-state index in [0.717, 1.165) is 5.69 Å². The summed E-state index contributed by atoms with van der Waals surface area (Å²) >= 11 is 0. The Morgan fingerprint density at radius 1 is 1.25 bits per heavy atom. The minimum atomic E-state index is -0.542. The molecule has 0 aliphatic carbocycles. The zero-order valence-electron chi connectivity index (χ0n) is 10.7. The van der Waals surface area contributed by atoms with Crippen LogP contribution in [-0.4, -0.2) is 25.5 Å². The van der Waals surface area contributed by atoms with Gasteiger partial charge in [0.15, 0.2) is 0 Å². The Kier molecular flexibility index (Phi) is 3.70. The fourth-order valence-electron chi connectivity index (χ4n) is 1.41. The molecule has 0 bridgehead atoms. The quantitative estimate of drug-likeness (QED) is 0.844. The van der Waals surface area contributed by atoms with Crippen molar-refractivity contribution in [2.45, 2.75) is 26.3 Å². The Bertz CT molecular complexity index is 368. The van der Waals surface area contributed by atoms with E-state index in [1.54, 1.807) is 19.0 Å². The van der Waals surface area contributed by atoms with Gasteiger partial charge in [-0.25, -0.2) is 0 Å². The summed E-state index contributed by atoms with van der Waals surface area (Å²) < 4.78 is 0. The second-order valence-electron chi connectivity index (χ2n) is 4.57. The maximum atomic E-state index is 12.1. The van der Waals surface area contributed by atoms with Gasteiger partial charge >= 0.3 is 0 Å². The lowest BCUT2D eigenvalue weighted by Crippen LogP contribution is -2.51. The number of likely N-dealkylation sites (N-methyl/N-ethyl adjacent to an activating group) is 2. The van der Waals surface area contributed by atoms with E-state index in [1.165, 1.54) is 5.56 Å². The van der Waals surface area contributed by atoms with E-state index >= 15 is 0 Å². The fourth-order valence-corrected chi connectivity index (χ4v) is 1.41. The monoisotopic (exact) mass is 220 g/mol. The van der Waals surface area contributed by atoms with Gasteiger partial charge in [0.1, 0.15) is 0 Å². The number of aryl methyl sites for hydroxylation is 1. The lowest BCUT2D eigenvalue weighted by atomic mass is 10.0. The van der Waals surface area contributed by atoms with Crippen LogP contribution in [0.15, 0.2) is 24.3 Å². The number of hydrogen-bond donors (Lipinski definition) is 1. The largest absolute Gasteiger partial charge is 0.314 e. The predicted molar refractivity (Wildman–Crippen MR) is 67.7 cm³/mol. The first-order chi connectivity index (χ1) is 7.38. The van der Waals surface area contributed by atoms with Crippen molar-refractivity contribution in [1.82, 2.24) is 5.32 Å². The molecule has 16 heavy (non-hydrogen) atoms. The second kappa shape index (κ2) is 4.66. The smallest absolute Gasteiger partial charge is 0.246 e. The Hall–Kier alpha value is -1.35. The third kappa shape index (κ3) is 2.61. The van der Waals surface area contributed by atoms with Crippen LogP contribution in [0.3, 0.4) is 0 Å². The highest BCUT2D eigenvalue weighted by molar-refractivity contribution is 5.99. The molecule has 0 heterocycles. The van der Waals surface area contributed by atoms with E-state index in [2.05, 4.69) is 5.32 Å². The molecule has 0 radical (unpaired) electrons. The van der Waals surface area contributed by atoms with Gasteiger partial charge in [-0.2, -0.15) is 0 Å². The van der Waals surface area contributed by atoms with Crippen molar-refractivity contribution in [3.05, 3.63) is 29.8 Å². The summed E-state index contributed by atoms with van der Waals surface area (Å²) in [4.78, 5) is 13.8. The normalized spacial score (nSPS) is 11.3. The molecule has 3 nitrogen and oxygen atoms in total. The number of hydrogen-bond acceptors (Lipinski definition) is 2. The van der Waals surface area contributed by atoms with Crippen LogP contribution in [0.2, 0.25) is 0 Å². The molecule has 1 amide bonds. The fraction of sp³-hybridized carbons (Fsp3) is 0.462. The van der Waals surface area contributed by atoms with Gasteiger partial charge in [0.25, 0.3) is 0 Å². The van der Waals surface area contributed by atoms with Crippen LogP contribution in [0.5, 0.6) is 0 Å². The summed E-state index contributed by atoms with van der Waals surface area (Å²) in [5.41, 5.74) is 1.57. The molecule has 1 aromatic carbocycles. The van der Waals surface area contributed by atoms with Gasteiger partial charge in [0.2, 0.25) is 5.91 Å². The lowest BCUT2D eigenvalue weighted by molar-refractivity contribution is -0.123. The molecular weight excluding hydrogens is 200 g/mol.